The molecular formula is C16H18FNO2. The van der Waals surface area contributed by atoms with E-state index >= 15 is 0 Å². The van der Waals surface area contributed by atoms with Crippen LogP contribution in [0, 0.1) is 0 Å². The Bertz CT molecular complexity index is 542. The van der Waals surface area contributed by atoms with Crippen molar-refractivity contribution in [2.45, 2.75) is 25.7 Å². The van der Waals surface area contributed by atoms with Crippen molar-refractivity contribution in [3.8, 4) is 5.75 Å². The van der Waals surface area contributed by atoms with Crippen LogP contribution in [-0.2, 0) is 0 Å². The number of ether oxygens (including phenoxy) is 1. The number of nitrogens with one attached hydrogen (secondary N) is 1. The number of hydrogen-bond acceptors (Lipinski definition) is 3. The third-order valence-electron chi connectivity index (χ3n) is 3.16. The maximum absolute atomic E-state index is 13.8. The van der Waals surface area contributed by atoms with E-state index in [2.05, 4.69) is 6.58 Å². The Kier molecular flexibility index (Phi) is 4.58. The summed E-state index contributed by atoms with van der Waals surface area (Å²) in [7, 11) is 0. The fraction of sp³-hybridized carbons (Fsp3) is 0.250. The van der Waals surface area contributed by atoms with E-state index in [1.165, 1.54) is 24.5 Å². The molecule has 1 aromatic rings. The van der Waals surface area contributed by atoms with Gasteiger partial charge in [-0.3, -0.25) is 10.7 Å². The fourth-order valence-corrected chi connectivity index (χ4v) is 1.81. The Balaban J connectivity index is 1.99. The minimum Gasteiger partial charge on any atom is -0.455 e. The summed E-state index contributed by atoms with van der Waals surface area (Å²) in [4.78, 5) is 0. The van der Waals surface area contributed by atoms with Crippen LogP contribution < -0.4 is 10.2 Å². The van der Waals surface area contributed by atoms with Gasteiger partial charge in [-0.15, -0.1) is 0 Å². The van der Waals surface area contributed by atoms with Crippen molar-refractivity contribution in [1.82, 2.24) is 5.48 Å². The van der Waals surface area contributed by atoms with E-state index in [0.29, 0.717) is 11.7 Å². The van der Waals surface area contributed by atoms with Crippen molar-refractivity contribution in [3.05, 3.63) is 65.8 Å². The highest BCUT2D eigenvalue weighted by Gasteiger charge is 2.23. The van der Waals surface area contributed by atoms with Crippen LogP contribution in [0.1, 0.15) is 31.2 Å². The molecule has 1 aliphatic rings. The zero-order chi connectivity index (χ0) is 14.5. The van der Waals surface area contributed by atoms with Crippen LogP contribution in [0.4, 0.5) is 4.39 Å². The summed E-state index contributed by atoms with van der Waals surface area (Å²) in [6, 6.07) is 7.61. The summed E-state index contributed by atoms with van der Waals surface area (Å²) < 4.78 is 19.1. The van der Waals surface area contributed by atoms with Crippen molar-refractivity contribution in [1.29, 1.82) is 0 Å². The molecule has 20 heavy (non-hydrogen) atoms. The molecule has 1 aromatic carbocycles. The molecule has 0 heterocycles. The summed E-state index contributed by atoms with van der Waals surface area (Å²) in [5.41, 5.74) is 3.40. The van der Waals surface area contributed by atoms with Gasteiger partial charge >= 0.3 is 0 Å². The summed E-state index contributed by atoms with van der Waals surface area (Å²) in [5.74, 6) is 0.475. The molecule has 2 rings (SSSR count). The molecule has 0 unspecified atom stereocenters. The monoisotopic (exact) mass is 275 g/mol. The number of benzene rings is 1. The van der Waals surface area contributed by atoms with Gasteiger partial charge in [0.15, 0.2) is 11.6 Å². The van der Waals surface area contributed by atoms with E-state index in [1.54, 1.807) is 6.92 Å². The largest absolute Gasteiger partial charge is 0.455 e. The summed E-state index contributed by atoms with van der Waals surface area (Å²) in [6.45, 7) is 5.21. The summed E-state index contributed by atoms with van der Waals surface area (Å²) in [6.07, 6.45) is 5.12. The van der Waals surface area contributed by atoms with Crippen LogP contribution in [0.5, 0.6) is 5.75 Å². The highest BCUT2D eigenvalue weighted by atomic mass is 19.1. The number of rotatable bonds is 6. The lowest BCUT2D eigenvalue weighted by Gasteiger charge is -2.08. The van der Waals surface area contributed by atoms with Crippen LogP contribution in [-0.4, -0.2) is 5.21 Å². The standard InChI is InChI=1S/C16H18FNO2/c1-3-14(18-19)10-16(17)11(2)20-15-8-6-13(7-9-15)12-4-5-12/h3,6-10,12,18-19H,2,4-5H2,1H3/b14-3+,16-10+. The van der Waals surface area contributed by atoms with Gasteiger partial charge in [-0.2, -0.15) is 0 Å². The second-order valence-electron chi connectivity index (χ2n) is 4.72. The molecule has 106 valence electrons. The maximum atomic E-state index is 13.8. The zero-order valence-electron chi connectivity index (χ0n) is 11.4. The molecule has 0 aromatic heterocycles. The quantitative estimate of drug-likeness (QED) is 0.464. The maximum Gasteiger partial charge on any atom is 0.167 e. The van der Waals surface area contributed by atoms with Crippen LogP contribution in [0.2, 0.25) is 0 Å². The molecule has 3 nitrogen and oxygen atoms in total. The fourth-order valence-electron chi connectivity index (χ4n) is 1.81. The van der Waals surface area contributed by atoms with Crippen LogP contribution in [0.15, 0.2) is 60.3 Å². The molecule has 0 aliphatic heterocycles. The number of allylic oxidation sites excluding steroid dienone is 3. The van der Waals surface area contributed by atoms with Crippen LogP contribution in [0.3, 0.4) is 0 Å². The summed E-state index contributed by atoms with van der Waals surface area (Å²) >= 11 is 0. The Morgan fingerprint density at radius 2 is 2.05 bits per heavy atom. The highest BCUT2D eigenvalue weighted by molar-refractivity contribution is 5.35. The summed E-state index contributed by atoms with van der Waals surface area (Å²) in [5, 5.41) is 8.73. The molecule has 2 N–H and O–H groups in total. The van der Waals surface area contributed by atoms with E-state index in [4.69, 9.17) is 9.94 Å². The SMILES string of the molecule is C=C(Oc1ccc(C2CC2)cc1)/C(F)=C\C(=C/C)NO. The van der Waals surface area contributed by atoms with Crippen molar-refractivity contribution in [2.24, 2.45) is 0 Å². The molecule has 4 heteroatoms. The second kappa shape index (κ2) is 6.39. The van der Waals surface area contributed by atoms with E-state index in [0.717, 1.165) is 6.08 Å². The molecule has 0 radical (unpaired) electrons. The Morgan fingerprint density at radius 1 is 1.40 bits per heavy atom. The molecule has 0 bridgehead atoms. The van der Waals surface area contributed by atoms with E-state index in [9.17, 15) is 4.39 Å². The Hall–Kier alpha value is -2.07. The first-order valence-corrected chi connectivity index (χ1v) is 6.54. The van der Waals surface area contributed by atoms with Gasteiger partial charge in [0.25, 0.3) is 0 Å². The minimum atomic E-state index is -0.647. The van der Waals surface area contributed by atoms with Crippen molar-refractivity contribution < 1.29 is 14.3 Å². The van der Waals surface area contributed by atoms with E-state index < -0.39 is 5.83 Å². The molecule has 0 amide bonds. The normalized spacial score (nSPS) is 15.9. The lowest BCUT2D eigenvalue weighted by atomic mass is 10.1. The smallest absolute Gasteiger partial charge is 0.167 e. The van der Waals surface area contributed by atoms with Gasteiger partial charge < -0.3 is 4.74 Å². The highest BCUT2D eigenvalue weighted by Crippen LogP contribution is 2.40. The van der Waals surface area contributed by atoms with E-state index in [-0.39, 0.29) is 11.5 Å². The average Bonchev–Trinajstić information content (AvgIpc) is 3.29. The van der Waals surface area contributed by atoms with Gasteiger partial charge in [-0.05, 0) is 43.4 Å². The van der Waals surface area contributed by atoms with Gasteiger partial charge in [0, 0.05) is 6.08 Å². The third kappa shape index (κ3) is 3.71. The molecule has 1 aliphatic carbocycles. The van der Waals surface area contributed by atoms with Gasteiger partial charge in [-0.25, -0.2) is 4.39 Å². The van der Waals surface area contributed by atoms with Crippen molar-refractivity contribution >= 4 is 0 Å². The Labute approximate surface area is 118 Å². The molecule has 0 saturated heterocycles. The first-order chi connectivity index (χ1) is 9.63. The van der Waals surface area contributed by atoms with E-state index in [1.807, 2.05) is 29.7 Å². The Morgan fingerprint density at radius 3 is 2.55 bits per heavy atom. The second-order valence-corrected chi connectivity index (χ2v) is 4.72. The number of halogens is 1. The first-order valence-electron chi connectivity index (χ1n) is 6.54. The molecule has 1 saturated carbocycles. The zero-order valence-corrected chi connectivity index (χ0v) is 11.4. The molecule has 1 fully saturated rings. The van der Waals surface area contributed by atoms with Gasteiger partial charge in [-0.1, -0.05) is 24.8 Å². The molecular weight excluding hydrogens is 257 g/mol. The third-order valence-corrected chi connectivity index (χ3v) is 3.16. The lowest BCUT2D eigenvalue weighted by molar-refractivity contribution is 0.204. The minimum absolute atomic E-state index is 0.0984. The predicted octanol–water partition coefficient (Wildman–Crippen LogP) is 4.19. The molecule has 0 spiro atoms. The molecule has 0 atom stereocenters. The van der Waals surface area contributed by atoms with Crippen molar-refractivity contribution in [3.63, 3.8) is 0 Å². The first kappa shape index (κ1) is 14.3. The topological polar surface area (TPSA) is 41.5 Å². The van der Waals surface area contributed by atoms with Gasteiger partial charge in [0.05, 0.1) is 5.70 Å². The van der Waals surface area contributed by atoms with Gasteiger partial charge in [0.2, 0.25) is 0 Å². The van der Waals surface area contributed by atoms with Crippen LogP contribution >= 0.6 is 0 Å². The average molecular weight is 275 g/mol. The predicted molar refractivity (Wildman–Crippen MR) is 76.1 cm³/mol. The number of hydroxylamine groups is 1. The van der Waals surface area contributed by atoms with Gasteiger partial charge in [0.1, 0.15) is 5.75 Å². The van der Waals surface area contributed by atoms with Crippen LogP contribution in [0.25, 0.3) is 0 Å². The lowest BCUT2D eigenvalue weighted by Crippen LogP contribution is -2.05. The van der Waals surface area contributed by atoms with Crippen molar-refractivity contribution in [2.75, 3.05) is 0 Å². The number of hydrogen-bond donors (Lipinski definition) is 2.